The lowest BCUT2D eigenvalue weighted by Gasteiger charge is -2.28. The van der Waals surface area contributed by atoms with E-state index in [0.717, 1.165) is 0 Å². The first kappa shape index (κ1) is 14.4. The summed E-state index contributed by atoms with van der Waals surface area (Å²) in [5.41, 5.74) is 0. The van der Waals surface area contributed by atoms with Gasteiger partial charge in [-0.1, -0.05) is 13.8 Å². The lowest BCUT2D eigenvalue weighted by Crippen LogP contribution is -2.55. The molecule has 1 aromatic rings. The summed E-state index contributed by atoms with van der Waals surface area (Å²) >= 11 is 0. The third kappa shape index (κ3) is 2.24. The van der Waals surface area contributed by atoms with Crippen molar-refractivity contribution in [2.75, 3.05) is 20.1 Å². The Balaban J connectivity index is 2.49. The van der Waals surface area contributed by atoms with Gasteiger partial charge in [0.25, 0.3) is 0 Å². The molecule has 1 saturated heterocycles. The van der Waals surface area contributed by atoms with E-state index >= 15 is 0 Å². The standard InChI is InChI=1S/C13H18N4O3/c1-9(2)7-17(12-14-5-4-6-15-12)8-10(11(18)19)16(3)13(17)20/h4-6,9-10H,7-8H2,1-3H3/p+1. The number of hydrogen-bond acceptors (Lipinski definition) is 4. The number of likely N-dealkylation sites (N-methyl/N-ethyl adjacent to an activating group) is 1. The van der Waals surface area contributed by atoms with Gasteiger partial charge in [0.05, 0.1) is 6.54 Å². The van der Waals surface area contributed by atoms with Gasteiger partial charge in [-0.25, -0.2) is 9.59 Å². The Kier molecular flexibility index (Phi) is 3.71. The average molecular weight is 279 g/mol. The molecule has 1 aliphatic rings. The summed E-state index contributed by atoms with van der Waals surface area (Å²) in [6, 6.07) is 0.566. The van der Waals surface area contributed by atoms with Gasteiger partial charge in [-0.15, -0.1) is 0 Å². The summed E-state index contributed by atoms with van der Waals surface area (Å²) in [4.78, 5) is 33.6. The van der Waals surface area contributed by atoms with Crippen molar-refractivity contribution in [3.63, 3.8) is 0 Å². The van der Waals surface area contributed by atoms with E-state index in [-0.39, 0.29) is 23.0 Å². The zero-order chi connectivity index (χ0) is 14.9. The van der Waals surface area contributed by atoms with E-state index in [1.165, 1.54) is 11.9 Å². The molecule has 1 aliphatic heterocycles. The molecular weight excluding hydrogens is 260 g/mol. The van der Waals surface area contributed by atoms with Gasteiger partial charge in [-0.05, 0) is 6.07 Å². The Hall–Kier alpha value is -2.02. The van der Waals surface area contributed by atoms with Crippen LogP contribution in [-0.4, -0.2) is 58.2 Å². The summed E-state index contributed by atoms with van der Waals surface area (Å²) in [6.45, 7) is 4.62. The molecule has 2 amide bonds. The average Bonchev–Trinajstić information content (AvgIpc) is 2.65. The zero-order valence-electron chi connectivity index (χ0n) is 11.9. The Labute approximate surface area is 117 Å². The molecule has 7 nitrogen and oxygen atoms in total. The maximum absolute atomic E-state index is 12.6. The number of carboxylic acids is 1. The van der Waals surface area contributed by atoms with Gasteiger partial charge in [0.1, 0.15) is 6.54 Å². The van der Waals surface area contributed by atoms with Crippen LogP contribution in [0.2, 0.25) is 0 Å². The van der Waals surface area contributed by atoms with Gasteiger partial charge >= 0.3 is 17.9 Å². The summed E-state index contributed by atoms with van der Waals surface area (Å²) in [5, 5.41) is 9.27. The maximum Gasteiger partial charge on any atom is 0.427 e. The molecule has 2 unspecified atom stereocenters. The molecule has 2 heterocycles. The molecule has 1 fully saturated rings. The van der Waals surface area contributed by atoms with Gasteiger partial charge in [-0.2, -0.15) is 14.5 Å². The third-order valence-electron chi connectivity index (χ3n) is 3.52. The molecule has 1 N–H and O–H groups in total. The summed E-state index contributed by atoms with van der Waals surface area (Å²) in [6.07, 6.45) is 3.15. The fraction of sp³-hybridized carbons (Fsp3) is 0.538. The van der Waals surface area contributed by atoms with Crippen LogP contribution in [0.4, 0.5) is 10.7 Å². The predicted molar refractivity (Wildman–Crippen MR) is 73.0 cm³/mol. The summed E-state index contributed by atoms with van der Waals surface area (Å²) in [5.74, 6) is -0.425. The molecule has 1 aromatic heterocycles. The van der Waals surface area contributed by atoms with Crippen LogP contribution in [0.1, 0.15) is 13.8 Å². The molecule has 0 aromatic carbocycles. The normalized spacial score (nSPS) is 26.3. The molecule has 20 heavy (non-hydrogen) atoms. The SMILES string of the molecule is CC(C)C[N+]1(c2ncccn2)CC(C(=O)O)N(C)C1=O. The fourth-order valence-corrected chi connectivity index (χ4v) is 2.71. The number of aliphatic carboxylic acids is 1. The second-order valence-corrected chi connectivity index (χ2v) is 5.52. The summed E-state index contributed by atoms with van der Waals surface area (Å²) in [7, 11) is 1.52. The number of carbonyl (C=O) groups is 2. The Bertz CT molecular complexity index is 520. The first-order valence-corrected chi connectivity index (χ1v) is 6.53. The van der Waals surface area contributed by atoms with Crippen molar-refractivity contribution in [1.29, 1.82) is 0 Å². The van der Waals surface area contributed by atoms with Crippen LogP contribution in [0.25, 0.3) is 0 Å². The number of quaternary nitrogens is 1. The van der Waals surface area contributed by atoms with E-state index in [9.17, 15) is 14.7 Å². The van der Waals surface area contributed by atoms with E-state index in [2.05, 4.69) is 9.97 Å². The fourth-order valence-electron chi connectivity index (χ4n) is 2.71. The highest BCUT2D eigenvalue weighted by molar-refractivity contribution is 5.93. The van der Waals surface area contributed by atoms with Gasteiger partial charge in [-0.3, -0.25) is 4.90 Å². The van der Waals surface area contributed by atoms with Crippen molar-refractivity contribution in [2.45, 2.75) is 19.9 Å². The van der Waals surface area contributed by atoms with E-state index in [1.807, 2.05) is 13.8 Å². The van der Waals surface area contributed by atoms with E-state index in [0.29, 0.717) is 12.5 Å². The van der Waals surface area contributed by atoms with Crippen LogP contribution in [-0.2, 0) is 4.79 Å². The van der Waals surface area contributed by atoms with Crippen LogP contribution in [0.3, 0.4) is 0 Å². The second-order valence-electron chi connectivity index (χ2n) is 5.52. The largest absolute Gasteiger partial charge is 0.480 e. The number of aromatic nitrogens is 2. The third-order valence-corrected chi connectivity index (χ3v) is 3.52. The van der Waals surface area contributed by atoms with Gasteiger partial charge in [0.15, 0.2) is 6.04 Å². The Morgan fingerprint density at radius 2 is 2.10 bits per heavy atom. The van der Waals surface area contributed by atoms with Crippen LogP contribution in [0.15, 0.2) is 18.5 Å². The first-order chi connectivity index (χ1) is 9.38. The highest BCUT2D eigenvalue weighted by Gasteiger charge is 2.56. The zero-order valence-corrected chi connectivity index (χ0v) is 11.9. The van der Waals surface area contributed by atoms with Crippen LogP contribution in [0.5, 0.6) is 0 Å². The minimum Gasteiger partial charge on any atom is -0.480 e. The molecule has 2 atom stereocenters. The number of urea groups is 1. The number of amides is 2. The lowest BCUT2D eigenvalue weighted by molar-refractivity contribution is -0.140. The van der Waals surface area contributed by atoms with Crippen LogP contribution >= 0.6 is 0 Å². The minimum absolute atomic E-state index is 0.133. The summed E-state index contributed by atoms with van der Waals surface area (Å²) < 4.78 is -0.133. The molecule has 7 heteroatoms. The van der Waals surface area contributed by atoms with Crippen LogP contribution < -0.4 is 4.48 Å². The highest BCUT2D eigenvalue weighted by atomic mass is 16.4. The molecule has 108 valence electrons. The van der Waals surface area contributed by atoms with Crippen molar-refractivity contribution >= 4 is 17.9 Å². The van der Waals surface area contributed by atoms with E-state index in [4.69, 9.17) is 0 Å². The number of nitrogens with zero attached hydrogens (tertiary/aromatic N) is 4. The Morgan fingerprint density at radius 1 is 1.50 bits per heavy atom. The predicted octanol–water partition coefficient (Wildman–Crippen LogP) is 0.959. The molecule has 0 bridgehead atoms. The molecule has 0 saturated carbocycles. The van der Waals surface area contributed by atoms with Crippen LogP contribution in [0, 0.1) is 5.92 Å². The van der Waals surface area contributed by atoms with Crippen molar-refractivity contribution in [3.8, 4) is 0 Å². The van der Waals surface area contributed by atoms with Gasteiger partial charge in [0.2, 0.25) is 0 Å². The van der Waals surface area contributed by atoms with Crippen molar-refractivity contribution in [2.24, 2.45) is 5.92 Å². The number of rotatable bonds is 4. The number of carboxylic acid groups (broad SMARTS) is 1. The van der Waals surface area contributed by atoms with E-state index in [1.54, 1.807) is 18.5 Å². The minimum atomic E-state index is -1.000. The quantitative estimate of drug-likeness (QED) is 0.830. The molecule has 0 radical (unpaired) electrons. The topological polar surface area (TPSA) is 83.4 Å². The van der Waals surface area contributed by atoms with E-state index < -0.39 is 12.0 Å². The second kappa shape index (κ2) is 5.16. The smallest absolute Gasteiger partial charge is 0.427 e. The molecular formula is C13H19N4O3+. The van der Waals surface area contributed by atoms with Gasteiger partial charge in [0, 0.05) is 25.4 Å². The lowest BCUT2D eigenvalue weighted by atomic mass is 10.1. The maximum atomic E-state index is 12.6. The van der Waals surface area contributed by atoms with Crippen molar-refractivity contribution in [1.82, 2.24) is 19.4 Å². The highest BCUT2D eigenvalue weighted by Crippen LogP contribution is 2.30. The monoisotopic (exact) mass is 279 g/mol. The first-order valence-electron chi connectivity index (χ1n) is 6.53. The molecule has 0 aliphatic carbocycles. The number of hydrogen-bond donors (Lipinski definition) is 1. The Morgan fingerprint density at radius 3 is 2.55 bits per heavy atom. The number of carbonyl (C=O) groups excluding carboxylic acids is 1. The van der Waals surface area contributed by atoms with Crippen molar-refractivity contribution in [3.05, 3.63) is 18.5 Å². The van der Waals surface area contributed by atoms with Gasteiger partial charge < -0.3 is 5.11 Å². The molecule has 2 rings (SSSR count). The molecule has 0 spiro atoms. The van der Waals surface area contributed by atoms with Crippen molar-refractivity contribution < 1.29 is 14.7 Å².